The van der Waals surface area contributed by atoms with Crippen LogP contribution in [-0.2, 0) is 14.6 Å². The third kappa shape index (κ3) is 7.42. The average Bonchev–Trinajstić information content (AvgIpc) is 3.57. The lowest BCUT2D eigenvalue weighted by Gasteiger charge is -2.31. The number of rotatable bonds is 12. The van der Waals surface area contributed by atoms with Gasteiger partial charge in [0.25, 0.3) is 5.91 Å². The lowest BCUT2D eigenvalue weighted by molar-refractivity contribution is -0.140. The van der Waals surface area contributed by atoms with Crippen molar-refractivity contribution in [2.24, 2.45) is 0 Å². The SMILES string of the molecule is CCOc1cc([C@H](Oc2ccc3c(N)nccc3c2)C(=O)N2CCC[C@@H]2c2cc(N(C)C(=O)O)ccc2S(=O)(=O)C(C)C)ccc1OC(C)C. The molecule has 0 aliphatic carbocycles. The number of amides is 2. The van der Waals surface area contributed by atoms with Gasteiger partial charge in [-0.15, -0.1) is 0 Å². The first kappa shape index (κ1) is 36.2. The van der Waals surface area contributed by atoms with E-state index < -0.39 is 39.2 Å². The summed E-state index contributed by atoms with van der Waals surface area (Å²) < 4.78 is 45.7. The molecule has 1 aliphatic rings. The van der Waals surface area contributed by atoms with E-state index in [2.05, 4.69) is 4.98 Å². The van der Waals surface area contributed by atoms with Crippen LogP contribution in [0, 0.1) is 0 Å². The van der Waals surface area contributed by atoms with Crippen LogP contribution in [0.25, 0.3) is 10.8 Å². The summed E-state index contributed by atoms with van der Waals surface area (Å²) in [6.07, 6.45) is 0.162. The lowest BCUT2D eigenvalue weighted by Crippen LogP contribution is -2.37. The fourth-order valence-electron chi connectivity index (χ4n) is 6.09. The molecule has 13 heteroatoms. The van der Waals surface area contributed by atoms with Crippen molar-refractivity contribution < 1.29 is 37.3 Å². The lowest BCUT2D eigenvalue weighted by atomic mass is 10.0. The van der Waals surface area contributed by atoms with Gasteiger partial charge in [0.15, 0.2) is 21.3 Å². The van der Waals surface area contributed by atoms with Crippen LogP contribution in [0.15, 0.2) is 71.8 Å². The van der Waals surface area contributed by atoms with Crippen molar-refractivity contribution in [3.63, 3.8) is 0 Å². The van der Waals surface area contributed by atoms with Crippen LogP contribution in [0.1, 0.15) is 70.7 Å². The highest BCUT2D eigenvalue weighted by atomic mass is 32.2. The number of benzene rings is 3. The van der Waals surface area contributed by atoms with E-state index in [-0.39, 0.29) is 16.7 Å². The van der Waals surface area contributed by atoms with Gasteiger partial charge in [0, 0.05) is 36.4 Å². The van der Waals surface area contributed by atoms with E-state index in [1.807, 2.05) is 20.8 Å². The standard InChI is InChI=1S/C37H44N4O8S/c1-7-47-32-20-25(10-14-31(32)48-22(2)3)34(49-27-12-13-28-24(19-27)16-17-39-35(28)38)36(42)41-18-8-9-30(41)29-21-26(40(6)37(43)44)11-15-33(29)50(45,46)23(4)5/h10-17,19-23,30,34H,7-9,18H2,1-6H3,(H2,38,39)(H,43,44)/t30-,34+/m1/s1. The molecule has 4 aromatic rings. The van der Waals surface area contributed by atoms with Gasteiger partial charge in [-0.25, -0.2) is 18.2 Å². The van der Waals surface area contributed by atoms with Crippen molar-refractivity contribution in [3.05, 3.63) is 78.0 Å². The molecule has 0 spiro atoms. The second-order valence-electron chi connectivity index (χ2n) is 12.7. The Kier molecular flexibility index (Phi) is 10.8. The highest BCUT2D eigenvalue weighted by Crippen LogP contribution is 2.42. The number of nitrogens with two attached hydrogens (primary N) is 1. The largest absolute Gasteiger partial charge is 0.490 e. The molecule has 1 saturated heterocycles. The van der Waals surface area contributed by atoms with Gasteiger partial charge in [-0.2, -0.15) is 0 Å². The molecule has 1 aromatic heterocycles. The zero-order chi connectivity index (χ0) is 36.3. The van der Waals surface area contributed by atoms with Crippen molar-refractivity contribution in [3.8, 4) is 17.2 Å². The number of hydrogen-bond acceptors (Lipinski definition) is 9. The van der Waals surface area contributed by atoms with Gasteiger partial charge >= 0.3 is 6.09 Å². The average molecular weight is 705 g/mol. The van der Waals surface area contributed by atoms with Crippen LogP contribution in [-0.4, -0.2) is 67.0 Å². The number of sulfone groups is 1. The maximum absolute atomic E-state index is 14.9. The first-order chi connectivity index (χ1) is 23.7. The maximum atomic E-state index is 14.9. The summed E-state index contributed by atoms with van der Waals surface area (Å²) in [6.45, 7) is 9.54. The van der Waals surface area contributed by atoms with E-state index in [1.54, 1.807) is 73.5 Å². The second-order valence-corrected chi connectivity index (χ2v) is 15.2. The van der Waals surface area contributed by atoms with E-state index in [1.165, 1.54) is 19.2 Å². The monoisotopic (exact) mass is 704 g/mol. The molecular formula is C37H44N4O8S. The van der Waals surface area contributed by atoms with Gasteiger partial charge in [-0.1, -0.05) is 6.07 Å². The summed E-state index contributed by atoms with van der Waals surface area (Å²) in [4.78, 5) is 33.6. The molecule has 2 amide bonds. The van der Waals surface area contributed by atoms with Crippen molar-refractivity contribution in [2.75, 3.05) is 30.8 Å². The number of ether oxygens (including phenoxy) is 3. The Balaban J connectivity index is 1.63. The maximum Gasteiger partial charge on any atom is 0.411 e. The second kappa shape index (κ2) is 14.8. The number of anilines is 2. The van der Waals surface area contributed by atoms with Crippen LogP contribution in [0.3, 0.4) is 0 Å². The van der Waals surface area contributed by atoms with Crippen LogP contribution < -0.4 is 24.8 Å². The summed E-state index contributed by atoms with van der Waals surface area (Å²) in [5.74, 6) is 1.35. The van der Waals surface area contributed by atoms with Gasteiger partial charge in [0.1, 0.15) is 11.6 Å². The molecule has 2 atom stereocenters. The molecule has 1 aliphatic heterocycles. The summed E-state index contributed by atoms with van der Waals surface area (Å²) in [7, 11) is -2.43. The molecule has 5 rings (SSSR count). The van der Waals surface area contributed by atoms with Crippen LogP contribution in [0.4, 0.5) is 16.3 Å². The van der Waals surface area contributed by atoms with E-state index in [0.717, 1.165) is 15.7 Å². The topological polar surface area (TPSA) is 162 Å². The Morgan fingerprint density at radius 1 is 1.02 bits per heavy atom. The molecular weight excluding hydrogens is 660 g/mol. The first-order valence-corrected chi connectivity index (χ1v) is 18.2. The van der Waals surface area contributed by atoms with Crippen LogP contribution >= 0.6 is 0 Å². The Bertz CT molecular complexity index is 2000. The van der Waals surface area contributed by atoms with E-state index in [9.17, 15) is 23.1 Å². The van der Waals surface area contributed by atoms with Crippen molar-refractivity contribution >= 4 is 44.1 Å². The number of nitrogen functional groups attached to an aromatic ring is 1. The highest BCUT2D eigenvalue weighted by molar-refractivity contribution is 7.92. The Morgan fingerprint density at radius 2 is 1.78 bits per heavy atom. The Hall–Kier alpha value is -5.04. The fourth-order valence-corrected chi connectivity index (χ4v) is 7.38. The molecule has 0 radical (unpaired) electrons. The molecule has 0 saturated carbocycles. The Labute approximate surface area is 292 Å². The molecule has 3 N–H and O–H groups in total. The quantitative estimate of drug-likeness (QED) is 0.161. The van der Waals surface area contributed by atoms with Crippen molar-refractivity contribution in [1.29, 1.82) is 0 Å². The third-order valence-electron chi connectivity index (χ3n) is 8.67. The normalized spacial score (nSPS) is 15.4. The molecule has 50 heavy (non-hydrogen) atoms. The third-order valence-corrected chi connectivity index (χ3v) is 10.9. The number of aromatic nitrogens is 1. The van der Waals surface area contributed by atoms with Gasteiger partial charge in [0.05, 0.1) is 28.9 Å². The number of pyridine rings is 1. The molecule has 266 valence electrons. The van der Waals surface area contributed by atoms with E-state index in [0.29, 0.717) is 60.2 Å². The minimum absolute atomic E-state index is 0.0618. The zero-order valence-electron chi connectivity index (χ0n) is 29.1. The van der Waals surface area contributed by atoms with E-state index in [4.69, 9.17) is 19.9 Å². The number of nitrogens with zero attached hydrogens (tertiary/aromatic N) is 3. The number of likely N-dealkylation sites (tertiary alicyclic amines) is 1. The summed E-state index contributed by atoms with van der Waals surface area (Å²) in [6, 6.07) is 16.1. The minimum atomic E-state index is -3.81. The Morgan fingerprint density at radius 3 is 2.46 bits per heavy atom. The van der Waals surface area contributed by atoms with Gasteiger partial charge < -0.3 is 30.0 Å². The van der Waals surface area contributed by atoms with Crippen LogP contribution in [0.2, 0.25) is 0 Å². The molecule has 2 heterocycles. The summed E-state index contributed by atoms with van der Waals surface area (Å²) >= 11 is 0. The molecule has 3 aromatic carbocycles. The number of carboxylic acid groups (broad SMARTS) is 1. The molecule has 0 unspecified atom stereocenters. The molecule has 1 fully saturated rings. The van der Waals surface area contributed by atoms with E-state index >= 15 is 0 Å². The summed E-state index contributed by atoms with van der Waals surface area (Å²) in [5, 5.41) is 10.5. The molecule has 12 nitrogen and oxygen atoms in total. The number of carbonyl (C=O) groups excluding carboxylic acids is 1. The number of fused-ring (bicyclic) bond motifs is 1. The van der Waals surface area contributed by atoms with Gasteiger partial charge in [-0.3, -0.25) is 9.69 Å². The fraction of sp³-hybridized carbons (Fsp3) is 0.378. The smallest absolute Gasteiger partial charge is 0.411 e. The first-order valence-electron chi connectivity index (χ1n) is 16.6. The van der Waals surface area contributed by atoms with Crippen molar-refractivity contribution in [2.45, 2.75) is 75.9 Å². The minimum Gasteiger partial charge on any atom is -0.490 e. The predicted octanol–water partition coefficient (Wildman–Crippen LogP) is 6.78. The molecule has 0 bridgehead atoms. The van der Waals surface area contributed by atoms with Crippen LogP contribution in [0.5, 0.6) is 17.2 Å². The predicted molar refractivity (Wildman–Crippen MR) is 192 cm³/mol. The van der Waals surface area contributed by atoms with Gasteiger partial charge in [0.2, 0.25) is 6.10 Å². The van der Waals surface area contributed by atoms with Gasteiger partial charge in [-0.05, 0) is 113 Å². The van der Waals surface area contributed by atoms with Crippen molar-refractivity contribution in [1.82, 2.24) is 9.88 Å². The number of hydrogen-bond donors (Lipinski definition) is 2. The summed E-state index contributed by atoms with van der Waals surface area (Å²) in [5.41, 5.74) is 7.23. The highest BCUT2D eigenvalue weighted by Gasteiger charge is 2.39. The number of carbonyl (C=O) groups is 2. The zero-order valence-corrected chi connectivity index (χ0v) is 29.9.